The molecule has 1 fully saturated rings. The van der Waals surface area contributed by atoms with E-state index >= 15 is 0 Å². The number of rotatable bonds is 6. The fourth-order valence-corrected chi connectivity index (χ4v) is 3.89. The Morgan fingerprint density at radius 1 is 1.48 bits per heavy atom. The van der Waals surface area contributed by atoms with E-state index in [4.69, 9.17) is 0 Å². The van der Waals surface area contributed by atoms with E-state index in [1.807, 2.05) is 18.4 Å². The van der Waals surface area contributed by atoms with E-state index in [9.17, 15) is 0 Å². The third-order valence-corrected chi connectivity index (χ3v) is 5.15. The monoisotopic (exact) mass is 450 g/mol. The van der Waals surface area contributed by atoms with Gasteiger partial charge in [0.1, 0.15) is 0 Å². The van der Waals surface area contributed by atoms with Crippen molar-refractivity contribution in [2.45, 2.75) is 26.2 Å². The first-order valence-electron chi connectivity index (χ1n) is 8.32. The minimum Gasteiger partial charge on any atom is -0.356 e. The molecule has 2 rings (SSSR count). The van der Waals surface area contributed by atoms with Gasteiger partial charge in [-0.2, -0.15) is 0 Å². The van der Waals surface area contributed by atoms with E-state index in [2.05, 4.69) is 52.0 Å². The fourth-order valence-electron chi connectivity index (χ4n) is 3.02. The lowest BCUT2D eigenvalue weighted by Crippen LogP contribution is -2.44. The number of guanidine groups is 1. The number of nitrogens with one attached hydrogen (secondary N) is 2. The highest BCUT2D eigenvalue weighted by Crippen LogP contribution is 2.14. The van der Waals surface area contributed by atoms with Gasteiger partial charge >= 0.3 is 0 Å². The molecule has 1 aliphatic heterocycles. The molecule has 0 amide bonds. The first kappa shape index (κ1) is 20.7. The van der Waals surface area contributed by atoms with Crippen molar-refractivity contribution >= 4 is 41.3 Å². The summed E-state index contributed by atoms with van der Waals surface area (Å²) in [5.74, 6) is 2.28. The van der Waals surface area contributed by atoms with Crippen LogP contribution in [0, 0.1) is 11.8 Å². The molecule has 0 spiro atoms. The quantitative estimate of drug-likeness (QED) is 0.398. The van der Waals surface area contributed by atoms with E-state index in [0.29, 0.717) is 5.92 Å². The predicted molar refractivity (Wildman–Crippen MR) is 112 cm³/mol. The highest BCUT2D eigenvalue weighted by molar-refractivity contribution is 14.0. The number of nitrogens with zero attached hydrogens (tertiary/aromatic N) is 2. The summed E-state index contributed by atoms with van der Waals surface area (Å²) in [4.78, 5) is 8.23. The van der Waals surface area contributed by atoms with Crippen LogP contribution in [0.2, 0.25) is 0 Å². The average Bonchev–Trinajstić information content (AvgIpc) is 3.00. The number of hydrogen-bond donors (Lipinski definition) is 2. The summed E-state index contributed by atoms with van der Waals surface area (Å²) in [7, 11) is 4.07. The third-order valence-electron chi connectivity index (χ3n) is 4.25. The van der Waals surface area contributed by atoms with Gasteiger partial charge in [-0.3, -0.25) is 4.99 Å². The Balaban J connectivity index is 0.00000264. The fraction of sp³-hybridized carbons (Fsp3) is 0.706. The number of aliphatic imine (C=N–C) groups is 1. The summed E-state index contributed by atoms with van der Waals surface area (Å²) in [6.45, 7) is 6.70. The van der Waals surface area contributed by atoms with Crippen LogP contribution >= 0.6 is 35.3 Å². The van der Waals surface area contributed by atoms with E-state index in [0.717, 1.165) is 31.4 Å². The van der Waals surface area contributed by atoms with Crippen LogP contribution in [0.4, 0.5) is 0 Å². The van der Waals surface area contributed by atoms with Crippen molar-refractivity contribution < 1.29 is 0 Å². The molecule has 1 aliphatic rings. The maximum Gasteiger partial charge on any atom is 0.190 e. The van der Waals surface area contributed by atoms with Gasteiger partial charge in [-0.1, -0.05) is 13.0 Å². The third kappa shape index (κ3) is 7.85. The maximum atomic E-state index is 4.34. The van der Waals surface area contributed by atoms with E-state index < -0.39 is 0 Å². The summed E-state index contributed by atoms with van der Waals surface area (Å²) in [5, 5.41) is 9.10. The molecule has 0 radical (unpaired) electrons. The van der Waals surface area contributed by atoms with Gasteiger partial charge in [-0.05, 0) is 56.1 Å². The molecular weight excluding hydrogens is 419 g/mol. The van der Waals surface area contributed by atoms with Crippen LogP contribution in [0.3, 0.4) is 0 Å². The second kappa shape index (κ2) is 11.3. The first-order chi connectivity index (χ1) is 10.7. The largest absolute Gasteiger partial charge is 0.356 e. The van der Waals surface area contributed by atoms with Gasteiger partial charge in [0.05, 0.1) is 0 Å². The standard InChI is InChI=1S/C17H30N4S.HI/c1-14(10-16-7-5-9-22-16)11-19-17(18-2)20-12-15-6-4-8-21(3)13-15;/h5,7,9,14-15H,4,6,8,10-13H2,1-3H3,(H2,18,19,20);1H. The van der Waals surface area contributed by atoms with Gasteiger partial charge in [-0.25, -0.2) is 0 Å². The zero-order valence-electron chi connectivity index (χ0n) is 14.5. The van der Waals surface area contributed by atoms with Crippen LogP contribution < -0.4 is 10.6 Å². The van der Waals surface area contributed by atoms with Crippen molar-refractivity contribution in [2.24, 2.45) is 16.8 Å². The average molecular weight is 450 g/mol. The SMILES string of the molecule is CN=C(NCC(C)Cc1cccs1)NCC1CCCN(C)C1.I. The van der Waals surface area contributed by atoms with Crippen molar-refractivity contribution in [1.29, 1.82) is 0 Å². The van der Waals surface area contributed by atoms with Crippen molar-refractivity contribution in [2.75, 3.05) is 40.3 Å². The van der Waals surface area contributed by atoms with E-state index in [1.54, 1.807) is 0 Å². The lowest BCUT2D eigenvalue weighted by Gasteiger charge is -2.30. The molecule has 1 aromatic rings. The van der Waals surface area contributed by atoms with Crippen LogP contribution in [0.15, 0.2) is 22.5 Å². The van der Waals surface area contributed by atoms with Gasteiger partial charge in [0.25, 0.3) is 0 Å². The Labute approximate surface area is 162 Å². The second-order valence-corrected chi connectivity index (χ2v) is 7.53. The summed E-state index contributed by atoms with van der Waals surface area (Å²) in [6.07, 6.45) is 3.77. The summed E-state index contributed by atoms with van der Waals surface area (Å²) < 4.78 is 0. The van der Waals surface area contributed by atoms with Gasteiger partial charge < -0.3 is 15.5 Å². The Bertz CT molecular complexity index is 449. The number of piperidine rings is 1. The Morgan fingerprint density at radius 3 is 2.96 bits per heavy atom. The van der Waals surface area contributed by atoms with Gasteiger partial charge in [0.2, 0.25) is 0 Å². The summed E-state index contributed by atoms with van der Waals surface area (Å²) in [6, 6.07) is 4.34. The molecule has 2 heterocycles. The van der Waals surface area contributed by atoms with Crippen molar-refractivity contribution in [3.8, 4) is 0 Å². The van der Waals surface area contributed by atoms with E-state index in [-0.39, 0.29) is 24.0 Å². The van der Waals surface area contributed by atoms with Gasteiger partial charge in [-0.15, -0.1) is 35.3 Å². The summed E-state index contributed by atoms with van der Waals surface area (Å²) in [5.41, 5.74) is 0. The highest BCUT2D eigenvalue weighted by atomic mass is 127. The molecule has 0 saturated carbocycles. The first-order valence-corrected chi connectivity index (χ1v) is 9.20. The number of likely N-dealkylation sites (tertiary alicyclic amines) is 1. The van der Waals surface area contributed by atoms with Gasteiger partial charge in [0, 0.05) is 31.6 Å². The molecule has 6 heteroatoms. The molecule has 2 unspecified atom stereocenters. The minimum absolute atomic E-state index is 0. The van der Waals surface area contributed by atoms with Crippen LogP contribution in [-0.4, -0.2) is 51.1 Å². The molecule has 132 valence electrons. The van der Waals surface area contributed by atoms with Crippen molar-refractivity contribution in [3.63, 3.8) is 0 Å². The molecule has 1 saturated heterocycles. The zero-order chi connectivity index (χ0) is 15.8. The maximum absolute atomic E-state index is 4.34. The Kier molecular flexibility index (Phi) is 10.1. The highest BCUT2D eigenvalue weighted by Gasteiger charge is 2.17. The van der Waals surface area contributed by atoms with Crippen LogP contribution in [-0.2, 0) is 6.42 Å². The van der Waals surface area contributed by atoms with Crippen LogP contribution in [0.25, 0.3) is 0 Å². The molecular formula is C17H31IN4S. The molecule has 4 nitrogen and oxygen atoms in total. The predicted octanol–water partition coefficient (Wildman–Crippen LogP) is 3.05. The zero-order valence-corrected chi connectivity index (χ0v) is 17.7. The van der Waals surface area contributed by atoms with Crippen molar-refractivity contribution in [1.82, 2.24) is 15.5 Å². The number of halogens is 1. The van der Waals surface area contributed by atoms with Crippen LogP contribution in [0.1, 0.15) is 24.6 Å². The Morgan fingerprint density at radius 2 is 2.30 bits per heavy atom. The summed E-state index contributed by atoms with van der Waals surface area (Å²) >= 11 is 1.84. The lowest BCUT2D eigenvalue weighted by atomic mass is 9.99. The molecule has 2 atom stereocenters. The number of thiophene rings is 1. The smallest absolute Gasteiger partial charge is 0.190 e. The Hall–Kier alpha value is -0.340. The molecule has 23 heavy (non-hydrogen) atoms. The molecule has 1 aromatic heterocycles. The van der Waals surface area contributed by atoms with E-state index in [1.165, 1.54) is 30.8 Å². The lowest BCUT2D eigenvalue weighted by molar-refractivity contribution is 0.210. The minimum atomic E-state index is 0. The molecule has 0 aromatic carbocycles. The van der Waals surface area contributed by atoms with Crippen LogP contribution in [0.5, 0.6) is 0 Å². The number of hydrogen-bond acceptors (Lipinski definition) is 3. The topological polar surface area (TPSA) is 39.7 Å². The molecule has 2 N–H and O–H groups in total. The van der Waals surface area contributed by atoms with Crippen molar-refractivity contribution in [3.05, 3.63) is 22.4 Å². The molecule has 0 aliphatic carbocycles. The second-order valence-electron chi connectivity index (χ2n) is 6.49. The van der Waals surface area contributed by atoms with Gasteiger partial charge in [0.15, 0.2) is 5.96 Å². The normalized spacial score (nSPS) is 20.7. The molecule has 0 bridgehead atoms.